The van der Waals surface area contributed by atoms with Gasteiger partial charge in [-0.2, -0.15) is 11.8 Å². The number of nitrogens with one attached hydrogen (secondary N) is 7. The van der Waals surface area contributed by atoms with Crippen molar-refractivity contribution in [1.29, 1.82) is 0 Å². The van der Waals surface area contributed by atoms with E-state index in [1.165, 1.54) is 93.8 Å². The summed E-state index contributed by atoms with van der Waals surface area (Å²) in [5.74, 6) is -5.77. The molecule has 21 nitrogen and oxygen atoms in total. The number of carbonyl (C=O) groups excluding carboxylic acids is 9. The van der Waals surface area contributed by atoms with E-state index in [1.54, 1.807) is 0 Å². The van der Waals surface area contributed by atoms with Crippen LogP contribution in [-0.2, 0) is 49.6 Å². The summed E-state index contributed by atoms with van der Waals surface area (Å²) in [5, 5.41) is 28.6. The van der Waals surface area contributed by atoms with Crippen molar-refractivity contribution in [2.75, 3.05) is 31.6 Å². The lowest BCUT2D eigenvalue weighted by molar-refractivity contribution is -0.135. The molecule has 6 atom stereocenters. The molecule has 1 rings (SSSR count). The third kappa shape index (κ3) is 33.4. The lowest BCUT2D eigenvalue weighted by Crippen LogP contribution is -2.59. The number of hydrogen-bond acceptors (Lipinski definition) is 13. The van der Waals surface area contributed by atoms with Crippen molar-refractivity contribution >= 4 is 64.9 Å². The van der Waals surface area contributed by atoms with Crippen molar-refractivity contribution in [2.45, 2.75) is 218 Å². The Morgan fingerprint density at radius 2 is 0.948 bits per heavy atom. The largest absolute Gasteiger partial charge is 0.508 e. The van der Waals surface area contributed by atoms with E-state index in [2.05, 4.69) is 44.1 Å². The number of benzene rings is 1. The van der Waals surface area contributed by atoms with Gasteiger partial charge in [0, 0.05) is 19.3 Å². The lowest BCUT2D eigenvalue weighted by Gasteiger charge is -2.27. The molecule has 77 heavy (non-hydrogen) atoms. The number of carbonyl (C=O) groups is 9. The molecule has 1 aromatic carbocycles. The number of unbranched alkanes of at least 4 members (excludes halogenated alkanes) is 14. The van der Waals surface area contributed by atoms with Gasteiger partial charge in [0.2, 0.25) is 53.2 Å². The van der Waals surface area contributed by atoms with E-state index in [-0.39, 0.29) is 69.1 Å². The van der Waals surface area contributed by atoms with Gasteiger partial charge in [0.05, 0.1) is 6.54 Å². The van der Waals surface area contributed by atoms with Crippen molar-refractivity contribution < 1.29 is 48.3 Å². The van der Waals surface area contributed by atoms with Gasteiger partial charge >= 0.3 is 0 Å². The second-order valence-corrected chi connectivity index (χ2v) is 21.4. The van der Waals surface area contributed by atoms with Crippen LogP contribution in [-0.4, -0.2) is 126 Å². The maximum Gasteiger partial charge on any atom is 0.243 e. The van der Waals surface area contributed by atoms with Gasteiger partial charge in [-0.25, -0.2) is 0 Å². The molecule has 0 radical (unpaired) electrons. The Morgan fingerprint density at radius 1 is 0.506 bits per heavy atom. The Morgan fingerprint density at radius 3 is 1.40 bits per heavy atom. The molecule has 438 valence electrons. The highest BCUT2D eigenvalue weighted by molar-refractivity contribution is 7.98. The molecule has 0 aliphatic heterocycles. The minimum atomic E-state index is -1.48. The quantitative estimate of drug-likeness (QED) is 0.0418. The molecule has 0 aliphatic rings. The fraction of sp³-hybridized carbons (Fsp3) is 0.727. The maximum atomic E-state index is 14.2. The molecule has 0 saturated heterocycles. The lowest BCUT2D eigenvalue weighted by atomic mass is 10.0. The molecule has 0 aliphatic carbocycles. The van der Waals surface area contributed by atoms with Gasteiger partial charge in [0.25, 0.3) is 0 Å². The standard InChI is InChI=1S/C55H97N11O10S/c1-5-6-7-8-9-10-11-12-13-14-15-16-17-24-48(69)61-44(31-34-77-4)51(72)60-37-49(70)62-46(36-39-25-27-40(67)28-26-39)55(76)65-43(29-30-47(58)68)54(75)64-41(22-18-20-32-56)52(73)63-42(23-19-21-33-57)53(74)66-45(50(59)71)35-38(2)3/h25-28,38,41-46,67H,5-24,29-37,56-57H2,1-4H3,(H2,58,68)(H2,59,71)(H,60,72)(H,61,69)(H,62,70)(H,63,73)(H,64,75)(H,65,76)(H,66,74)/t41-,42-,43-,44-,45-,46-/m0/s1. The Labute approximate surface area is 462 Å². The summed E-state index contributed by atoms with van der Waals surface area (Å²) in [7, 11) is 0. The van der Waals surface area contributed by atoms with E-state index in [9.17, 15) is 48.3 Å². The second kappa shape index (κ2) is 42.5. The molecule has 0 unspecified atom stereocenters. The first-order valence-corrected chi connectivity index (χ1v) is 29.6. The number of nitrogens with two attached hydrogens (primary N) is 4. The number of amides is 9. The van der Waals surface area contributed by atoms with Crippen LogP contribution in [0.2, 0.25) is 0 Å². The van der Waals surface area contributed by atoms with Crippen LogP contribution in [0.15, 0.2) is 24.3 Å². The monoisotopic (exact) mass is 1100 g/mol. The van der Waals surface area contributed by atoms with Crippen LogP contribution < -0.4 is 60.2 Å². The average molecular weight is 1100 g/mol. The van der Waals surface area contributed by atoms with Gasteiger partial charge in [0.15, 0.2) is 0 Å². The van der Waals surface area contributed by atoms with E-state index in [4.69, 9.17) is 22.9 Å². The SMILES string of the molecule is CCCCCCCCCCCCCCCC(=O)N[C@@H](CCSC)C(=O)NCC(=O)N[C@@H](Cc1ccc(O)cc1)C(=O)N[C@@H](CCC(N)=O)C(=O)N[C@@H](CCCCN)C(=O)N[C@@H](CCCCN)C(=O)N[C@@H](CC(C)C)C(N)=O. The zero-order valence-corrected chi connectivity index (χ0v) is 47.5. The van der Waals surface area contributed by atoms with Gasteiger partial charge in [-0.1, -0.05) is 110 Å². The summed E-state index contributed by atoms with van der Waals surface area (Å²) in [5.41, 5.74) is 23.0. The van der Waals surface area contributed by atoms with E-state index < -0.39 is 90.1 Å². The molecule has 22 heteroatoms. The molecular formula is C55H97N11O10S. The molecule has 1 aromatic rings. The number of phenols is 1. The van der Waals surface area contributed by atoms with Crippen molar-refractivity contribution in [3.05, 3.63) is 29.8 Å². The molecule has 0 fully saturated rings. The number of primary amides is 2. The Kier molecular flexibility index (Phi) is 38.4. The fourth-order valence-electron chi connectivity index (χ4n) is 8.57. The van der Waals surface area contributed by atoms with E-state index >= 15 is 0 Å². The summed E-state index contributed by atoms with van der Waals surface area (Å²) >= 11 is 1.50. The minimum absolute atomic E-state index is 0.00730. The number of aromatic hydroxyl groups is 1. The predicted octanol–water partition coefficient (Wildman–Crippen LogP) is 3.25. The van der Waals surface area contributed by atoms with E-state index in [1.807, 2.05) is 20.1 Å². The Bertz CT molecular complexity index is 1910. The summed E-state index contributed by atoms with van der Waals surface area (Å²) in [6.45, 7) is 5.98. The van der Waals surface area contributed by atoms with Gasteiger partial charge < -0.3 is 65.3 Å². The van der Waals surface area contributed by atoms with Crippen molar-refractivity contribution in [1.82, 2.24) is 37.2 Å². The first kappa shape index (κ1) is 69.5. The third-order valence-electron chi connectivity index (χ3n) is 13.1. The Hall–Kier alpha value is -5.48. The number of phenolic OH excluding ortho intramolecular Hbond substituents is 1. The van der Waals surface area contributed by atoms with Crippen molar-refractivity contribution in [3.8, 4) is 5.75 Å². The number of rotatable bonds is 46. The summed E-state index contributed by atoms with van der Waals surface area (Å²) in [4.78, 5) is 120. The van der Waals surface area contributed by atoms with Crippen LogP contribution in [0.25, 0.3) is 0 Å². The topological polar surface area (TPSA) is 362 Å². The molecular weight excluding hydrogens is 1010 g/mol. The van der Waals surface area contributed by atoms with Crippen LogP contribution in [0.3, 0.4) is 0 Å². The molecule has 16 N–H and O–H groups in total. The highest BCUT2D eigenvalue weighted by Crippen LogP contribution is 2.16. The smallest absolute Gasteiger partial charge is 0.243 e. The van der Waals surface area contributed by atoms with Crippen LogP contribution >= 0.6 is 11.8 Å². The Balaban J connectivity index is 3.19. The van der Waals surface area contributed by atoms with Crippen LogP contribution in [0.4, 0.5) is 0 Å². The zero-order valence-electron chi connectivity index (χ0n) is 46.7. The highest BCUT2D eigenvalue weighted by atomic mass is 32.2. The van der Waals surface area contributed by atoms with Crippen molar-refractivity contribution in [3.63, 3.8) is 0 Å². The van der Waals surface area contributed by atoms with Gasteiger partial charge in [-0.05, 0) is 113 Å². The van der Waals surface area contributed by atoms with Crippen LogP contribution in [0.5, 0.6) is 5.75 Å². The van der Waals surface area contributed by atoms with E-state index in [0.717, 1.165) is 19.3 Å². The average Bonchev–Trinajstić information content (AvgIpc) is 3.38. The maximum absolute atomic E-state index is 14.2. The number of thioether (sulfide) groups is 1. The second-order valence-electron chi connectivity index (χ2n) is 20.5. The van der Waals surface area contributed by atoms with Gasteiger partial charge in [0.1, 0.15) is 42.0 Å². The summed E-state index contributed by atoms with van der Waals surface area (Å²) in [6.07, 6.45) is 19.2. The first-order chi connectivity index (χ1) is 36.8. The fourth-order valence-corrected chi connectivity index (χ4v) is 9.04. The minimum Gasteiger partial charge on any atom is -0.508 e. The molecule has 0 aromatic heterocycles. The van der Waals surface area contributed by atoms with E-state index in [0.29, 0.717) is 56.4 Å². The molecule has 0 heterocycles. The normalized spacial score (nSPS) is 13.5. The molecule has 0 bridgehead atoms. The molecule has 0 spiro atoms. The first-order valence-electron chi connectivity index (χ1n) is 28.2. The zero-order chi connectivity index (χ0) is 57.4. The third-order valence-corrected chi connectivity index (χ3v) is 13.7. The van der Waals surface area contributed by atoms with Gasteiger partial charge in [-0.3, -0.25) is 43.2 Å². The molecule has 0 saturated carbocycles. The van der Waals surface area contributed by atoms with Crippen LogP contribution in [0.1, 0.15) is 180 Å². The predicted molar refractivity (Wildman–Crippen MR) is 303 cm³/mol. The summed E-state index contributed by atoms with van der Waals surface area (Å²) < 4.78 is 0. The van der Waals surface area contributed by atoms with Gasteiger partial charge in [-0.15, -0.1) is 0 Å². The van der Waals surface area contributed by atoms with Crippen LogP contribution in [0, 0.1) is 5.92 Å². The summed E-state index contributed by atoms with van der Waals surface area (Å²) in [6, 6.07) is -1.33. The van der Waals surface area contributed by atoms with Crippen molar-refractivity contribution in [2.24, 2.45) is 28.9 Å². The molecule has 9 amide bonds. The number of hydrogen-bond donors (Lipinski definition) is 12. The highest BCUT2D eigenvalue weighted by Gasteiger charge is 2.33.